The second kappa shape index (κ2) is 7.94. The minimum atomic E-state index is -1.27. The first kappa shape index (κ1) is 17.2. The predicted molar refractivity (Wildman–Crippen MR) is 94.4 cm³/mol. The molecule has 0 aliphatic carbocycles. The summed E-state index contributed by atoms with van der Waals surface area (Å²) in [5, 5.41) is 12.9. The van der Waals surface area contributed by atoms with Crippen LogP contribution in [0.5, 0.6) is 0 Å². The van der Waals surface area contributed by atoms with Gasteiger partial charge in [0.15, 0.2) is 6.10 Å². The first-order valence-electron chi connectivity index (χ1n) is 8.51. The highest BCUT2D eigenvalue weighted by molar-refractivity contribution is 5.90. The molecular formula is C20H22N2O3. The van der Waals surface area contributed by atoms with Crippen LogP contribution in [0.4, 0.5) is 0 Å². The molecule has 0 radical (unpaired) electrons. The number of nitrogens with one attached hydrogen (secondary N) is 1. The molecule has 1 fully saturated rings. The average molecular weight is 338 g/mol. The van der Waals surface area contributed by atoms with E-state index in [1.54, 1.807) is 29.2 Å². The largest absolute Gasteiger partial charge is 0.378 e. The van der Waals surface area contributed by atoms with Crippen molar-refractivity contribution in [1.82, 2.24) is 10.2 Å². The third-order valence-electron chi connectivity index (χ3n) is 4.43. The second-order valence-electron chi connectivity index (χ2n) is 6.26. The highest BCUT2D eigenvalue weighted by Gasteiger charge is 2.31. The predicted octanol–water partition coefficient (Wildman–Crippen LogP) is 2.03. The molecule has 2 atom stereocenters. The van der Waals surface area contributed by atoms with Crippen molar-refractivity contribution in [2.24, 2.45) is 0 Å². The van der Waals surface area contributed by atoms with E-state index in [1.807, 2.05) is 36.4 Å². The van der Waals surface area contributed by atoms with E-state index in [0.29, 0.717) is 25.1 Å². The third kappa shape index (κ3) is 4.25. The summed E-state index contributed by atoms with van der Waals surface area (Å²) in [7, 11) is 0. The Morgan fingerprint density at radius 1 is 1.12 bits per heavy atom. The molecule has 130 valence electrons. The Kier molecular flexibility index (Phi) is 5.46. The molecule has 1 saturated heterocycles. The summed E-state index contributed by atoms with van der Waals surface area (Å²) in [5.41, 5.74) is 1.58. The maximum absolute atomic E-state index is 12.7. The van der Waals surface area contributed by atoms with Gasteiger partial charge in [-0.1, -0.05) is 60.7 Å². The Balaban J connectivity index is 1.62. The molecule has 5 heteroatoms. The maximum Gasteiger partial charge on any atom is 0.254 e. The lowest BCUT2D eigenvalue weighted by atomic mass is 10.0. The molecule has 2 aromatic carbocycles. The topological polar surface area (TPSA) is 69.6 Å². The number of hydrogen-bond acceptors (Lipinski definition) is 3. The minimum Gasteiger partial charge on any atom is -0.378 e. The quantitative estimate of drug-likeness (QED) is 0.876. The Bertz CT molecular complexity index is 718. The van der Waals surface area contributed by atoms with Gasteiger partial charge in [0, 0.05) is 13.1 Å². The number of aliphatic hydroxyl groups is 1. The number of aliphatic hydroxyl groups excluding tert-OH is 1. The number of amides is 2. The fourth-order valence-electron chi connectivity index (χ4n) is 3.07. The van der Waals surface area contributed by atoms with Gasteiger partial charge in [0.2, 0.25) is 5.91 Å². The molecule has 0 spiro atoms. The molecular weight excluding hydrogens is 316 g/mol. The Morgan fingerprint density at radius 2 is 1.76 bits per heavy atom. The van der Waals surface area contributed by atoms with Gasteiger partial charge in [0.05, 0.1) is 0 Å². The van der Waals surface area contributed by atoms with E-state index >= 15 is 0 Å². The molecule has 25 heavy (non-hydrogen) atoms. The zero-order valence-electron chi connectivity index (χ0n) is 14.0. The molecule has 0 bridgehead atoms. The van der Waals surface area contributed by atoms with E-state index in [4.69, 9.17) is 0 Å². The SMILES string of the molecule is O=C(N[C@@H]1CCCN(Cc2ccccc2)C1=O)[C@@H](O)c1ccccc1. The molecule has 0 aromatic heterocycles. The minimum absolute atomic E-state index is 0.0938. The van der Waals surface area contributed by atoms with Crippen LogP contribution in [-0.4, -0.2) is 34.4 Å². The smallest absolute Gasteiger partial charge is 0.254 e. The van der Waals surface area contributed by atoms with E-state index in [-0.39, 0.29) is 5.91 Å². The summed E-state index contributed by atoms with van der Waals surface area (Å²) in [6.45, 7) is 1.22. The van der Waals surface area contributed by atoms with E-state index < -0.39 is 18.1 Å². The molecule has 2 N–H and O–H groups in total. The van der Waals surface area contributed by atoms with Gasteiger partial charge in [0.25, 0.3) is 5.91 Å². The van der Waals surface area contributed by atoms with Crippen molar-refractivity contribution >= 4 is 11.8 Å². The first-order chi connectivity index (χ1) is 12.1. The van der Waals surface area contributed by atoms with Gasteiger partial charge in [0.1, 0.15) is 6.04 Å². The Hall–Kier alpha value is -2.66. The van der Waals surface area contributed by atoms with Crippen molar-refractivity contribution in [3.05, 3.63) is 71.8 Å². The molecule has 5 nitrogen and oxygen atoms in total. The summed E-state index contributed by atoms with van der Waals surface area (Å²) in [6.07, 6.45) is 0.154. The van der Waals surface area contributed by atoms with Crippen LogP contribution in [0, 0.1) is 0 Å². The zero-order chi connectivity index (χ0) is 17.6. The highest BCUT2D eigenvalue weighted by atomic mass is 16.3. The van der Waals surface area contributed by atoms with Crippen LogP contribution in [0.3, 0.4) is 0 Å². The van der Waals surface area contributed by atoms with Crippen LogP contribution in [0.15, 0.2) is 60.7 Å². The lowest BCUT2D eigenvalue weighted by Crippen LogP contribution is -2.52. The molecule has 0 unspecified atom stereocenters. The Labute approximate surface area is 147 Å². The molecule has 1 aliphatic rings. The van der Waals surface area contributed by atoms with Crippen molar-refractivity contribution in [2.75, 3.05) is 6.54 Å². The molecule has 2 aromatic rings. The van der Waals surface area contributed by atoms with Crippen LogP contribution >= 0.6 is 0 Å². The fourth-order valence-corrected chi connectivity index (χ4v) is 3.07. The van der Waals surface area contributed by atoms with E-state index in [1.165, 1.54) is 0 Å². The number of likely N-dealkylation sites (tertiary alicyclic amines) is 1. The summed E-state index contributed by atoms with van der Waals surface area (Å²) in [4.78, 5) is 26.7. The number of piperidine rings is 1. The highest BCUT2D eigenvalue weighted by Crippen LogP contribution is 2.17. The summed E-state index contributed by atoms with van der Waals surface area (Å²) >= 11 is 0. The maximum atomic E-state index is 12.7. The molecule has 0 saturated carbocycles. The van der Waals surface area contributed by atoms with Gasteiger partial charge in [-0.25, -0.2) is 0 Å². The standard InChI is InChI=1S/C20H22N2O3/c23-18(16-10-5-2-6-11-16)19(24)21-17-12-7-13-22(20(17)25)14-15-8-3-1-4-9-15/h1-6,8-11,17-18,23H,7,12-14H2,(H,21,24)/t17-,18+/m1/s1. The normalized spacial score (nSPS) is 18.7. The van der Waals surface area contributed by atoms with Crippen LogP contribution < -0.4 is 5.32 Å². The van der Waals surface area contributed by atoms with Crippen LogP contribution in [-0.2, 0) is 16.1 Å². The van der Waals surface area contributed by atoms with Crippen molar-refractivity contribution in [2.45, 2.75) is 31.5 Å². The number of rotatable bonds is 5. The van der Waals surface area contributed by atoms with E-state index in [0.717, 1.165) is 12.0 Å². The van der Waals surface area contributed by atoms with Gasteiger partial charge < -0.3 is 15.3 Å². The van der Waals surface area contributed by atoms with Gasteiger partial charge in [-0.05, 0) is 24.0 Å². The van der Waals surface area contributed by atoms with Gasteiger partial charge in [-0.2, -0.15) is 0 Å². The number of carbonyl (C=O) groups is 2. The molecule has 3 rings (SSSR count). The third-order valence-corrected chi connectivity index (χ3v) is 4.43. The number of nitrogens with zero attached hydrogens (tertiary/aromatic N) is 1. The van der Waals surface area contributed by atoms with Crippen molar-refractivity contribution in [1.29, 1.82) is 0 Å². The number of benzene rings is 2. The van der Waals surface area contributed by atoms with Crippen molar-refractivity contribution in [3.8, 4) is 0 Å². The molecule has 1 heterocycles. The van der Waals surface area contributed by atoms with E-state index in [2.05, 4.69) is 5.32 Å². The van der Waals surface area contributed by atoms with Crippen LogP contribution in [0.25, 0.3) is 0 Å². The second-order valence-corrected chi connectivity index (χ2v) is 6.26. The van der Waals surface area contributed by atoms with Crippen LogP contribution in [0.1, 0.15) is 30.1 Å². The van der Waals surface area contributed by atoms with Gasteiger partial charge >= 0.3 is 0 Å². The van der Waals surface area contributed by atoms with Crippen molar-refractivity contribution < 1.29 is 14.7 Å². The summed E-state index contributed by atoms with van der Waals surface area (Å²) < 4.78 is 0. The van der Waals surface area contributed by atoms with E-state index in [9.17, 15) is 14.7 Å². The molecule has 2 amide bonds. The number of carbonyl (C=O) groups excluding carboxylic acids is 2. The van der Waals surface area contributed by atoms with Crippen LogP contribution in [0.2, 0.25) is 0 Å². The summed E-state index contributed by atoms with van der Waals surface area (Å²) in [6, 6.07) is 17.9. The van der Waals surface area contributed by atoms with Gasteiger partial charge in [-0.15, -0.1) is 0 Å². The zero-order valence-corrected chi connectivity index (χ0v) is 14.0. The monoisotopic (exact) mass is 338 g/mol. The lowest BCUT2D eigenvalue weighted by molar-refractivity contribution is -0.141. The fraction of sp³-hybridized carbons (Fsp3) is 0.300. The Morgan fingerprint density at radius 3 is 2.44 bits per heavy atom. The lowest BCUT2D eigenvalue weighted by Gasteiger charge is -2.33. The first-order valence-corrected chi connectivity index (χ1v) is 8.51. The average Bonchev–Trinajstić information content (AvgIpc) is 2.66. The molecule has 1 aliphatic heterocycles. The number of hydrogen-bond donors (Lipinski definition) is 2. The van der Waals surface area contributed by atoms with Crippen molar-refractivity contribution in [3.63, 3.8) is 0 Å². The van der Waals surface area contributed by atoms with Gasteiger partial charge in [-0.3, -0.25) is 9.59 Å². The summed E-state index contributed by atoms with van der Waals surface area (Å²) in [5.74, 6) is -0.630.